The molecule has 0 saturated carbocycles. The van der Waals surface area contributed by atoms with Gasteiger partial charge in [0.2, 0.25) is 0 Å². The molecule has 2 heterocycles. The average Bonchev–Trinajstić information content (AvgIpc) is 2.68. The van der Waals surface area contributed by atoms with Crippen LogP contribution in [0.2, 0.25) is 0 Å². The topological polar surface area (TPSA) is 57.7 Å². The number of ether oxygens (including phenoxy) is 1. The highest BCUT2D eigenvalue weighted by Crippen LogP contribution is 2.37. The highest BCUT2D eigenvalue weighted by atomic mass is 32.2. The summed E-state index contributed by atoms with van der Waals surface area (Å²) >= 11 is 1.57. The maximum Gasteiger partial charge on any atom is 0.252 e. The molecule has 1 aromatic rings. The van der Waals surface area contributed by atoms with Crippen LogP contribution in [0.3, 0.4) is 0 Å². The number of hydrogen-bond donors (Lipinski definition) is 1. The number of carbonyl (C=O) groups is 1. The van der Waals surface area contributed by atoms with Crippen molar-refractivity contribution in [3.05, 3.63) is 24.4 Å². The zero-order valence-electron chi connectivity index (χ0n) is 16.2. The summed E-state index contributed by atoms with van der Waals surface area (Å²) in [7, 11) is 1.73. The van der Waals surface area contributed by atoms with Gasteiger partial charge in [0.1, 0.15) is 0 Å². The summed E-state index contributed by atoms with van der Waals surface area (Å²) in [6, 6.07) is 5.86. The van der Waals surface area contributed by atoms with Crippen LogP contribution in [0, 0.1) is 0 Å². The molecule has 7 heteroatoms. The predicted octanol–water partition coefficient (Wildman–Crippen LogP) is 2.07. The number of rotatable bonds is 10. The molecule has 0 aliphatic carbocycles. The zero-order chi connectivity index (χ0) is 18.8. The quantitative estimate of drug-likeness (QED) is 0.495. The third kappa shape index (κ3) is 5.42. The number of amides is 1. The van der Waals surface area contributed by atoms with Gasteiger partial charge in [0.15, 0.2) is 4.87 Å². The summed E-state index contributed by atoms with van der Waals surface area (Å²) in [6.07, 6.45) is 3.80. The molecular weight excluding hydrogens is 348 g/mol. The van der Waals surface area contributed by atoms with Crippen LogP contribution in [-0.4, -0.2) is 78.5 Å². The third-order valence-corrected chi connectivity index (χ3v) is 5.89. The summed E-state index contributed by atoms with van der Waals surface area (Å²) in [5.41, 5.74) is 0. The first-order valence-electron chi connectivity index (χ1n) is 9.53. The number of thioether (sulfide) groups is 1. The highest BCUT2D eigenvalue weighted by Gasteiger charge is 2.46. The molecule has 2 rings (SSSR count). The van der Waals surface area contributed by atoms with E-state index in [1.807, 2.05) is 18.2 Å². The van der Waals surface area contributed by atoms with E-state index in [4.69, 9.17) is 4.74 Å². The van der Waals surface area contributed by atoms with Gasteiger partial charge in [0, 0.05) is 32.9 Å². The van der Waals surface area contributed by atoms with Gasteiger partial charge >= 0.3 is 0 Å². The minimum absolute atomic E-state index is 0.0431. The SMILES string of the molecule is CCCN(CCC)C(CN1CCOCC1)(Sc1ccccn1)C(=O)NC. The van der Waals surface area contributed by atoms with Crippen LogP contribution in [-0.2, 0) is 9.53 Å². The lowest BCUT2D eigenvalue weighted by Gasteiger charge is -2.44. The molecule has 0 bridgehead atoms. The second kappa shape index (κ2) is 10.9. The van der Waals surface area contributed by atoms with Gasteiger partial charge in [-0.2, -0.15) is 0 Å². The van der Waals surface area contributed by atoms with Gasteiger partial charge in [-0.25, -0.2) is 4.98 Å². The standard InChI is InChI=1S/C19H32N4O2S/c1-4-10-23(11-5-2)19(18(24)20-3,16-22-12-14-25-15-13-22)26-17-8-6-7-9-21-17/h6-9H,4-5,10-16H2,1-3H3,(H,20,24). The van der Waals surface area contributed by atoms with Gasteiger partial charge in [0.25, 0.3) is 5.91 Å². The van der Waals surface area contributed by atoms with Crippen molar-refractivity contribution in [1.82, 2.24) is 20.1 Å². The number of likely N-dealkylation sites (N-methyl/N-ethyl adjacent to an activating group) is 1. The normalized spacial score (nSPS) is 17.8. The second-order valence-corrected chi connectivity index (χ2v) is 7.81. The fourth-order valence-electron chi connectivity index (χ4n) is 3.31. The molecule has 0 spiro atoms. The summed E-state index contributed by atoms with van der Waals surface area (Å²) in [6.45, 7) is 9.91. The first kappa shape index (κ1) is 21.2. The van der Waals surface area contributed by atoms with E-state index in [-0.39, 0.29) is 5.91 Å². The Morgan fingerprint density at radius 1 is 1.31 bits per heavy atom. The van der Waals surface area contributed by atoms with Crippen molar-refractivity contribution in [2.24, 2.45) is 0 Å². The fourth-order valence-corrected chi connectivity index (χ4v) is 4.67. The van der Waals surface area contributed by atoms with Crippen LogP contribution in [0.15, 0.2) is 29.4 Å². The largest absolute Gasteiger partial charge is 0.379 e. The molecular formula is C19H32N4O2S. The molecule has 1 aliphatic rings. The molecule has 26 heavy (non-hydrogen) atoms. The fraction of sp³-hybridized carbons (Fsp3) is 0.684. The van der Waals surface area contributed by atoms with E-state index in [1.54, 1.807) is 25.0 Å². The van der Waals surface area contributed by atoms with Crippen LogP contribution >= 0.6 is 11.8 Å². The molecule has 0 radical (unpaired) electrons. The van der Waals surface area contributed by atoms with Crippen molar-refractivity contribution in [3.8, 4) is 0 Å². The van der Waals surface area contributed by atoms with Gasteiger partial charge < -0.3 is 10.1 Å². The molecule has 1 amide bonds. The smallest absolute Gasteiger partial charge is 0.252 e. The van der Waals surface area contributed by atoms with Crippen molar-refractivity contribution in [2.75, 3.05) is 53.0 Å². The summed E-state index contributed by atoms with van der Waals surface area (Å²) < 4.78 is 5.50. The van der Waals surface area contributed by atoms with Crippen LogP contribution in [0.25, 0.3) is 0 Å². The molecule has 1 N–H and O–H groups in total. The molecule has 146 valence electrons. The van der Waals surface area contributed by atoms with E-state index in [0.29, 0.717) is 6.54 Å². The monoisotopic (exact) mass is 380 g/mol. The lowest BCUT2D eigenvalue weighted by Crippen LogP contribution is -2.62. The first-order chi connectivity index (χ1) is 12.7. The molecule has 1 atom stereocenters. The Hall–Kier alpha value is -1.15. The van der Waals surface area contributed by atoms with Crippen LogP contribution < -0.4 is 5.32 Å². The predicted molar refractivity (Wildman–Crippen MR) is 106 cm³/mol. The van der Waals surface area contributed by atoms with Gasteiger partial charge in [-0.05, 0) is 38.1 Å². The number of pyridine rings is 1. The molecule has 0 aromatic carbocycles. The summed E-state index contributed by atoms with van der Waals surface area (Å²) in [5, 5.41) is 3.80. The Kier molecular flexibility index (Phi) is 8.84. The molecule has 1 aromatic heterocycles. The van der Waals surface area contributed by atoms with E-state index in [1.165, 1.54) is 0 Å². The van der Waals surface area contributed by atoms with Gasteiger partial charge in [-0.3, -0.25) is 14.6 Å². The van der Waals surface area contributed by atoms with Crippen molar-refractivity contribution in [3.63, 3.8) is 0 Å². The Balaban J connectivity index is 2.39. The highest BCUT2D eigenvalue weighted by molar-refractivity contribution is 8.01. The van der Waals surface area contributed by atoms with Gasteiger partial charge in [0.05, 0.1) is 18.2 Å². The molecule has 6 nitrogen and oxygen atoms in total. The third-order valence-electron chi connectivity index (χ3n) is 4.53. The van der Waals surface area contributed by atoms with Crippen LogP contribution in [0.1, 0.15) is 26.7 Å². The Morgan fingerprint density at radius 3 is 2.54 bits per heavy atom. The van der Waals surface area contributed by atoms with Crippen molar-refractivity contribution in [1.29, 1.82) is 0 Å². The van der Waals surface area contributed by atoms with Gasteiger partial charge in [-0.1, -0.05) is 31.7 Å². The second-order valence-electron chi connectivity index (χ2n) is 6.51. The van der Waals surface area contributed by atoms with Crippen LogP contribution in [0.5, 0.6) is 0 Å². The number of aromatic nitrogens is 1. The Labute approximate surface area is 161 Å². The van der Waals surface area contributed by atoms with Gasteiger partial charge in [-0.15, -0.1) is 0 Å². The van der Waals surface area contributed by atoms with E-state index in [9.17, 15) is 4.79 Å². The van der Waals surface area contributed by atoms with E-state index in [2.05, 4.69) is 33.9 Å². The summed E-state index contributed by atoms with van der Waals surface area (Å²) in [5.74, 6) is 0.0431. The maximum absolute atomic E-state index is 13.2. The van der Waals surface area contributed by atoms with Crippen molar-refractivity contribution in [2.45, 2.75) is 36.6 Å². The molecule has 1 unspecified atom stereocenters. The van der Waals surface area contributed by atoms with Crippen LogP contribution in [0.4, 0.5) is 0 Å². The lowest BCUT2D eigenvalue weighted by atomic mass is 10.1. The van der Waals surface area contributed by atoms with Crippen molar-refractivity contribution < 1.29 is 9.53 Å². The lowest BCUT2D eigenvalue weighted by molar-refractivity contribution is -0.129. The van der Waals surface area contributed by atoms with E-state index < -0.39 is 4.87 Å². The molecule has 1 saturated heterocycles. The maximum atomic E-state index is 13.2. The van der Waals surface area contributed by atoms with Crippen molar-refractivity contribution >= 4 is 17.7 Å². The first-order valence-corrected chi connectivity index (χ1v) is 10.3. The minimum atomic E-state index is -0.702. The van der Waals surface area contributed by atoms with E-state index >= 15 is 0 Å². The number of nitrogens with zero attached hydrogens (tertiary/aromatic N) is 3. The molecule has 1 aliphatic heterocycles. The average molecular weight is 381 g/mol. The number of hydrogen-bond acceptors (Lipinski definition) is 6. The Bertz CT molecular complexity index is 534. The molecule has 1 fully saturated rings. The van der Waals surface area contributed by atoms with E-state index in [0.717, 1.165) is 57.3 Å². The summed E-state index contributed by atoms with van der Waals surface area (Å²) in [4.78, 5) is 21.7. The zero-order valence-corrected chi connectivity index (χ0v) is 17.1. The number of nitrogens with one attached hydrogen (secondary N) is 1. The number of morpholine rings is 1. The minimum Gasteiger partial charge on any atom is -0.379 e. The number of carbonyl (C=O) groups excluding carboxylic acids is 1. The Morgan fingerprint density at radius 2 is 2.00 bits per heavy atom.